The highest BCUT2D eigenvalue weighted by atomic mass is 16.5. The summed E-state index contributed by atoms with van der Waals surface area (Å²) in [6.45, 7) is 0.591. The van der Waals surface area contributed by atoms with E-state index in [1.54, 1.807) is 18.2 Å². The van der Waals surface area contributed by atoms with Gasteiger partial charge in [0.2, 0.25) is 11.2 Å². The lowest BCUT2D eigenvalue weighted by atomic mass is 10.1. The largest absolute Gasteiger partial charge is 0.493 e. The van der Waals surface area contributed by atoms with Crippen LogP contribution >= 0.6 is 0 Å². The van der Waals surface area contributed by atoms with Crippen LogP contribution < -0.4 is 14.9 Å². The summed E-state index contributed by atoms with van der Waals surface area (Å²) in [6.07, 6.45) is 3.22. The fourth-order valence-electron chi connectivity index (χ4n) is 3.72. The molecule has 4 heteroatoms. The summed E-state index contributed by atoms with van der Waals surface area (Å²) in [4.78, 5) is 12.9. The lowest BCUT2D eigenvalue weighted by Gasteiger charge is -2.09. The van der Waals surface area contributed by atoms with E-state index in [9.17, 15) is 4.79 Å². The minimum absolute atomic E-state index is 0.157. The summed E-state index contributed by atoms with van der Waals surface area (Å²) in [6, 6.07) is 29.3. The maximum absolute atomic E-state index is 12.9. The number of benzene rings is 4. The molecule has 0 aliphatic heterocycles. The van der Waals surface area contributed by atoms with Crippen molar-refractivity contribution in [3.8, 4) is 17.2 Å². The van der Waals surface area contributed by atoms with Crippen LogP contribution in [-0.4, -0.2) is 6.61 Å². The molecule has 0 unspecified atom stereocenters. The van der Waals surface area contributed by atoms with E-state index in [4.69, 9.17) is 13.9 Å². The second kappa shape index (κ2) is 8.98. The summed E-state index contributed by atoms with van der Waals surface area (Å²) in [7, 11) is 0. The normalized spacial score (nSPS) is 11.0. The van der Waals surface area contributed by atoms with Gasteiger partial charge in [0.05, 0.1) is 12.0 Å². The van der Waals surface area contributed by atoms with Crippen LogP contribution in [0.2, 0.25) is 0 Å². The molecule has 5 rings (SSSR count). The monoisotopic (exact) mass is 422 g/mol. The summed E-state index contributed by atoms with van der Waals surface area (Å²) in [5.41, 5.74) is 1.55. The highest BCUT2D eigenvalue weighted by Crippen LogP contribution is 2.26. The fraction of sp³-hybridized carbons (Fsp3) is 0.107. The van der Waals surface area contributed by atoms with Gasteiger partial charge in [-0.05, 0) is 53.4 Å². The van der Waals surface area contributed by atoms with Crippen molar-refractivity contribution < 1.29 is 13.9 Å². The first-order valence-corrected chi connectivity index (χ1v) is 10.7. The zero-order valence-corrected chi connectivity index (χ0v) is 17.5. The molecule has 1 aromatic heterocycles. The van der Waals surface area contributed by atoms with Gasteiger partial charge in [-0.1, -0.05) is 60.7 Å². The van der Waals surface area contributed by atoms with Crippen molar-refractivity contribution in [2.45, 2.75) is 12.8 Å². The summed E-state index contributed by atoms with van der Waals surface area (Å²) in [5.74, 6) is 1.43. The molecule has 0 saturated carbocycles. The zero-order valence-electron chi connectivity index (χ0n) is 17.5. The molecule has 4 aromatic carbocycles. The van der Waals surface area contributed by atoms with Gasteiger partial charge in [0.1, 0.15) is 23.3 Å². The first-order valence-electron chi connectivity index (χ1n) is 10.7. The number of fused-ring (bicyclic) bond motifs is 2. The summed E-state index contributed by atoms with van der Waals surface area (Å²) >= 11 is 0. The minimum atomic E-state index is -0.213. The predicted molar refractivity (Wildman–Crippen MR) is 127 cm³/mol. The lowest BCUT2D eigenvalue weighted by Crippen LogP contribution is -2.05. The van der Waals surface area contributed by atoms with Crippen LogP contribution in [0, 0.1) is 0 Å². The molecule has 4 nitrogen and oxygen atoms in total. The van der Waals surface area contributed by atoms with E-state index < -0.39 is 0 Å². The van der Waals surface area contributed by atoms with Crippen molar-refractivity contribution in [2.24, 2.45) is 0 Å². The van der Waals surface area contributed by atoms with E-state index in [1.807, 2.05) is 60.7 Å². The molecule has 0 amide bonds. The highest BCUT2D eigenvalue weighted by Gasteiger charge is 2.11. The molecular weight excluding hydrogens is 400 g/mol. The van der Waals surface area contributed by atoms with Crippen molar-refractivity contribution in [1.82, 2.24) is 0 Å². The number of hydrogen-bond donors (Lipinski definition) is 0. The van der Waals surface area contributed by atoms with E-state index >= 15 is 0 Å². The molecule has 0 fully saturated rings. The van der Waals surface area contributed by atoms with E-state index in [2.05, 4.69) is 12.1 Å². The molecule has 158 valence electrons. The third kappa shape index (κ3) is 4.35. The topological polar surface area (TPSA) is 48.7 Å². The Morgan fingerprint density at radius 2 is 1.53 bits per heavy atom. The average molecular weight is 422 g/mol. The van der Waals surface area contributed by atoms with Gasteiger partial charge in [0.25, 0.3) is 0 Å². The fourth-order valence-corrected chi connectivity index (χ4v) is 3.72. The molecule has 1 heterocycles. The van der Waals surface area contributed by atoms with Crippen LogP contribution in [0.3, 0.4) is 0 Å². The standard InChI is InChI=1S/C28H22O4/c29-28-25-15-14-23(30-16-6-9-20-7-2-1-3-8-20)18-26(25)31-19-27(28)32-24-13-12-21-10-4-5-11-22(21)17-24/h1-5,7-8,10-15,17-19H,6,9,16H2. The molecule has 5 aromatic rings. The number of aryl methyl sites for hydroxylation is 1. The number of hydrogen-bond acceptors (Lipinski definition) is 4. The Bertz CT molecular complexity index is 1420. The van der Waals surface area contributed by atoms with Crippen molar-refractivity contribution in [1.29, 1.82) is 0 Å². The Balaban J connectivity index is 1.29. The van der Waals surface area contributed by atoms with Crippen LogP contribution in [0.25, 0.3) is 21.7 Å². The van der Waals surface area contributed by atoms with E-state index in [0.29, 0.717) is 29.1 Å². The van der Waals surface area contributed by atoms with Gasteiger partial charge in [-0.15, -0.1) is 0 Å². The van der Waals surface area contributed by atoms with Gasteiger partial charge >= 0.3 is 0 Å². The van der Waals surface area contributed by atoms with Crippen LogP contribution in [-0.2, 0) is 6.42 Å². The number of rotatable bonds is 7. The second-order valence-electron chi connectivity index (χ2n) is 7.64. The molecule has 0 atom stereocenters. The van der Waals surface area contributed by atoms with Gasteiger partial charge in [0, 0.05) is 6.07 Å². The van der Waals surface area contributed by atoms with Crippen LogP contribution in [0.15, 0.2) is 106 Å². The smallest absolute Gasteiger partial charge is 0.235 e. The van der Waals surface area contributed by atoms with E-state index in [0.717, 1.165) is 23.6 Å². The Morgan fingerprint density at radius 1 is 0.750 bits per heavy atom. The Labute approximate surface area is 185 Å². The highest BCUT2D eigenvalue weighted by molar-refractivity contribution is 5.84. The maximum Gasteiger partial charge on any atom is 0.235 e. The first-order chi connectivity index (χ1) is 15.8. The van der Waals surface area contributed by atoms with Crippen molar-refractivity contribution in [3.63, 3.8) is 0 Å². The molecular formula is C28H22O4. The molecule has 0 aliphatic rings. The molecule has 0 bridgehead atoms. The first kappa shape index (κ1) is 19.9. The summed E-state index contributed by atoms with van der Waals surface area (Å²) < 4.78 is 17.4. The third-order valence-electron chi connectivity index (χ3n) is 5.38. The van der Waals surface area contributed by atoms with E-state index in [1.165, 1.54) is 11.8 Å². The third-order valence-corrected chi connectivity index (χ3v) is 5.38. The lowest BCUT2D eigenvalue weighted by molar-refractivity contribution is 0.311. The molecule has 0 N–H and O–H groups in total. The van der Waals surface area contributed by atoms with Gasteiger partial charge in [-0.25, -0.2) is 0 Å². The molecule has 0 aliphatic carbocycles. The summed E-state index contributed by atoms with van der Waals surface area (Å²) in [5, 5.41) is 2.62. The second-order valence-corrected chi connectivity index (χ2v) is 7.64. The molecule has 0 spiro atoms. The van der Waals surface area contributed by atoms with Gasteiger partial charge in [0.15, 0.2) is 0 Å². The Kier molecular flexibility index (Phi) is 5.58. The van der Waals surface area contributed by atoms with Crippen LogP contribution in [0.4, 0.5) is 0 Å². The molecule has 0 radical (unpaired) electrons. The van der Waals surface area contributed by atoms with Crippen LogP contribution in [0.5, 0.6) is 17.2 Å². The number of ether oxygens (including phenoxy) is 2. The van der Waals surface area contributed by atoms with Crippen molar-refractivity contribution in [2.75, 3.05) is 6.61 Å². The van der Waals surface area contributed by atoms with Crippen molar-refractivity contribution >= 4 is 21.7 Å². The quantitative estimate of drug-likeness (QED) is 0.272. The molecule has 0 saturated heterocycles. The SMILES string of the molecule is O=c1c(Oc2ccc3ccccc3c2)coc2cc(OCCCc3ccccc3)ccc12. The Hall–Kier alpha value is -4.05. The van der Waals surface area contributed by atoms with Gasteiger partial charge < -0.3 is 13.9 Å². The van der Waals surface area contributed by atoms with Gasteiger partial charge in [-0.2, -0.15) is 0 Å². The molecule has 32 heavy (non-hydrogen) atoms. The minimum Gasteiger partial charge on any atom is -0.493 e. The average Bonchev–Trinajstić information content (AvgIpc) is 2.84. The van der Waals surface area contributed by atoms with Gasteiger partial charge in [-0.3, -0.25) is 4.79 Å². The van der Waals surface area contributed by atoms with Crippen molar-refractivity contribution in [3.05, 3.63) is 113 Å². The zero-order chi connectivity index (χ0) is 21.8. The maximum atomic E-state index is 12.9. The van der Waals surface area contributed by atoms with Crippen LogP contribution in [0.1, 0.15) is 12.0 Å². The Morgan fingerprint density at radius 3 is 2.41 bits per heavy atom. The predicted octanol–water partition coefficient (Wildman–Crippen LogP) is 6.75. The van der Waals surface area contributed by atoms with E-state index in [-0.39, 0.29) is 11.2 Å².